The van der Waals surface area contributed by atoms with Crippen LogP contribution in [0.2, 0.25) is 0 Å². The van der Waals surface area contributed by atoms with E-state index in [-0.39, 0.29) is 30.3 Å². The summed E-state index contributed by atoms with van der Waals surface area (Å²) >= 11 is 0. The average molecular weight is 305 g/mol. The highest BCUT2D eigenvalue weighted by Gasteiger charge is 2.08. The van der Waals surface area contributed by atoms with Crippen molar-refractivity contribution in [3.05, 3.63) is 51.3 Å². The summed E-state index contributed by atoms with van der Waals surface area (Å²) in [5.41, 5.74) is -0.818. The first kappa shape index (κ1) is 15.4. The highest BCUT2D eigenvalue weighted by atomic mass is 16.5. The van der Waals surface area contributed by atoms with Crippen molar-refractivity contribution in [2.75, 3.05) is 12.4 Å². The van der Waals surface area contributed by atoms with Crippen LogP contribution in [0.4, 0.5) is 5.69 Å². The molecule has 0 aliphatic rings. The number of nitrogens with one attached hydrogen (secondary N) is 2. The van der Waals surface area contributed by atoms with E-state index in [2.05, 4.69) is 10.3 Å². The Morgan fingerprint density at radius 3 is 2.77 bits per heavy atom. The smallest absolute Gasteiger partial charge is 0.328 e. The first-order valence-electron chi connectivity index (χ1n) is 6.46. The number of benzene rings is 1. The fourth-order valence-corrected chi connectivity index (χ4v) is 1.80. The maximum atomic E-state index is 11.8. The lowest BCUT2D eigenvalue weighted by atomic mass is 10.2. The molecule has 0 saturated heterocycles. The largest absolute Gasteiger partial charge is 0.506 e. The van der Waals surface area contributed by atoms with E-state index in [1.807, 2.05) is 0 Å². The molecule has 3 N–H and O–H groups in total. The van der Waals surface area contributed by atoms with E-state index >= 15 is 0 Å². The number of hydrogen-bond donors (Lipinski definition) is 3. The lowest BCUT2D eigenvalue weighted by molar-refractivity contribution is -0.116. The Labute approximate surface area is 125 Å². The Kier molecular flexibility index (Phi) is 4.62. The number of aromatic nitrogens is 2. The van der Waals surface area contributed by atoms with E-state index in [0.29, 0.717) is 5.75 Å². The monoisotopic (exact) mass is 305 g/mol. The van der Waals surface area contributed by atoms with Gasteiger partial charge in [0.05, 0.1) is 12.8 Å². The normalized spacial score (nSPS) is 10.2. The molecule has 0 aliphatic heterocycles. The van der Waals surface area contributed by atoms with Crippen molar-refractivity contribution in [3.8, 4) is 11.5 Å². The number of nitrogens with zero attached hydrogens (tertiary/aromatic N) is 1. The summed E-state index contributed by atoms with van der Waals surface area (Å²) in [6, 6.07) is 5.69. The summed E-state index contributed by atoms with van der Waals surface area (Å²) in [6.07, 6.45) is 1.33. The zero-order valence-electron chi connectivity index (χ0n) is 11.8. The zero-order valence-corrected chi connectivity index (χ0v) is 11.8. The third-order valence-electron chi connectivity index (χ3n) is 2.96. The molecule has 2 rings (SSSR count). The standard InChI is InChI=1S/C14H15N3O5/c1-22-9-2-3-10(11(18)8-9)15-12(19)4-6-17-7-5-13(20)16-14(17)21/h2-3,5,7-8,18H,4,6H2,1H3,(H,15,19)(H,16,20,21). The minimum atomic E-state index is -0.576. The van der Waals surface area contributed by atoms with Gasteiger partial charge in [-0.3, -0.25) is 14.6 Å². The van der Waals surface area contributed by atoms with Gasteiger partial charge in [-0.15, -0.1) is 0 Å². The zero-order chi connectivity index (χ0) is 16.1. The molecule has 0 saturated carbocycles. The average Bonchev–Trinajstić information content (AvgIpc) is 2.48. The van der Waals surface area contributed by atoms with Crippen molar-refractivity contribution < 1.29 is 14.6 Å². The molecule has 2 aromatic rings. The second kappa shape index (κ2) is 6.61. The van der Waals surface area contributed by atoms with Crippen LogP contribution in [0.5, 0.6) is 11.5 Å². The predicted molar refractivity (Wildman–Crippen MR) is 79.2 cm³/mol. The van der Waals surface area contributed by atoms with E-state index in [1.165, 1.54) is 36.1 Å². The number of anilines is 1. The molecule has 22 heavy (non-hydrogen) atoms. The molecular formula is C14H15N3O5. The highest BCUT2D eigenvalue weighted by molar-refractivity contribution is 5.92. The van der Waals surface area contributed by atoms with Crippen molar-refractivity contribution >= 4 is 11.6 Å². The van der Waals surface area contributed by atoms with Gasteiger partial charge in [0.1, 0.15) is 11.5 Å². The molecule has 1 heterocycles. The van der Waals surface area contributed by atoms with Gasteiger partial charge in [0, 0.05) is 31.3 Å². The van der Waals surface area contributed by atoms with Gasteiger partial charge in [-0.05, 0) is 12.1 Å². The van der Waals surface area contributed by atoms with Crippen molar-refractivity contribution in [1.29, 1.82) is 0 Å². The highest BCUT2D eigenvalue weighted by Crippen LogP contribution is 2.27. The Bertz CT molecular complexity index is 794. The molecule has 116 valence electrons. The fourth-order valence-electron chi connectivity index (χ4n) is 1.80. The van der Waals surface area contributed by atoms with Crippen LogP contribution in [0.15, 0.2) is 40.1 Å². The first-order valence-corrected chi connectivity index (χ1v) is 6.46. The number of hydrogen-bond acceptors (Lipinski definition) is 5. The van der Waals surface area contributed by atoms with Crippen LogP contribution in [-0.2, 0) is 11.3 Å². The van der Waals surface area contributed by atoms with E-state index in [0.717, 1.165) is 0 Å². The van der Waals surface area contributed by atoms with Crippen LogP contribution in [-0.4, -0.2) is 27.7 Å². The minimum Gasteiger partial charge on any atom is -0.506 e. The number of aromatic amines is 1. The molecule has 8 nitrogen and oxygen atoms in total. The molecular weight excluding hydrogens is 290 g/mol. The SMILES string of the molecule is COc1ccc(NC(=O)CCn2ccc(=O)[nH]c2=O)c(O)c1. The Hall–Kier alpha value is -3.03. The van der Waals surface area contributed by atoms with Gasteiger partial charge in [0.2, 0.25) is 5.91 Å². The van der Waals surface area contributed by atoms with Crippen molar-refractivity contribution in [2.24, 2.45) is 0 Å². The fraction of sp³-hybridized carbons (Fsp3) is 0.214. The molecule has 8 heteroatoms. The molecule has 0 radical (unpaired) electrons. The minimum absolute atomic E-state index is 0.0113. The number of aryl methyl sites for hydroxylation is 1. The number of carbonyl (C=O) groups is 1. The molecule has 1 aromatic heterocycles. The molecule has 0 spiro atoms. The number of aromatic hydroxyl groups is 1. The summed E-state index contributed by atoms with van der Waals surface area (Å²) in [6.45, 7) is 0.109. The maximum absolute atomic E-state index is 11.8. The summed E-state index contributed by atoms with van der Waals surface area (Å²) < 4.78 is 6.16. The van der Waals surface area contributed by atoms with Crippen LogP contribution in [0.25, 0.3) is 0 Å². The molecule has 1 aromatic carbocycles. The van der Waals surface area contributed by atoms with Crippen LogP contribution >= 0.6 is 0 Å². The molecule has 0 unspecified atom stereocenters. The van der Waals surface area contributed by atoms with Crippen LogP contribution in [0.1, 0.15) is 6.42 Å². The van der Waals surface area contributed by atoms with E-state index in [9.17, 15) is 19.5 Å². The lowest BCUT2D eigenvalue weighted by Gasteiger charge is -2.09. The van der Waals surface area contributed by atoms with Gasteiger partial charge in [-0.1, -0.05) is 0 Å². The number of amides is 1. The number of methoxy groups -OCH3 is 1. The summed E-state index contributed by atoms with van der Waals surface area (Å²) in [5.74, 6) is -0.0252. The number of phenolic OH excluding ortho intramolecular Hbond substituents is 1. The quantitative estimate of drug-likeness (QED) is 0.687. The second-order valence-electron chi connectivity index (χ2n) is 4.48. The van der Waals surface area contributed by atoms with E-state index in [1.54, 1.807) is 6.07 Å². The van der Waals surface area contributed by atoms with Crippen molar-refractivity contribution in [3.63, 3.8) is 0 Å². The number of phenols is 1. The predicted octanol–water partition coefficient (Wildman–Crippen LogP) is 0.280. The first-order chi connectivity index (χ1) is 10.5. The van der Waals surface area contributed by atoms with Crippen LogP contribution < -0.4 is 21.3 Å². The van der Waals surface area contributed by atoms with Gasteiger partial charge in [-0.25, -0.2) is 4.79 Å². The molecule has 0 fully saturated rings. The summed E-state index contributed by atoms with van der Waals surface area (Å²) in [4.78, 5) is 36.3. The Morgan fingerprint density at radius 1 is 1.36 bits per heavy atom. The molecule has 0 atom stereocenters. The maximum Gasteiger partial charge on any atom is 0.328 e. The van der Waals surface area contributed by atoms with Crippen molar-refractivity contribution in [2.45, 2.75) is 13.0 Å². The van der Waals surface area contributed by atoms with Gasteiger partial charge in [-0.2, -0.15) is 0 Å². The van der Waals surface area contributed by atoms with E-state index < -0.39 is 11.2 Å². The molecule has 0 bridgehead atoms. The Balaban J connectivity index is 1.98. The lowest BCUT2D eigenvalue weighted by Crippen LogP contribution is -2.29. The van der Waals surface area contributed by atoms with Gasteiger partial charge < -0.3 is 19.7 Å². The summed E-state index contributed by atoms with van der Waals surface area (Å²) in [7, 11) is 1.47. The number of rotatable bonds is 5. The van der Waals surface area contributed by atoms with Gasteiger partial charge in [0.15, 0.2) is 0 Å². The summed E-state index contributed by atoms with van der Waals surface area (Å²) in [5, 5.41) is 12.3. The second-order valence-corrected chi connectivity index (χ2v) is 4.48. The van der Waals surface area contributed by atoms with Crippen molar-refractivity contribution in [1.82, 2.24) is 9.55 Å². The van der Waals surface area contributed by atoms with Crippen LogP contribution in [0, 0.1) is 0 Å². The number of carbonyl (C=O) groups excluding carboxylic acids is 1. The van der Waals surface area contributed by atoms with E-state index in [4.69, 9.17) is 4.74 Å². The third-order valence-corrected chi connectivity index (χ3v) is 2.96. The molecule has 0 aliphatic carbocycles. The topological polar surface area (TPSA) is 113 Å². The Morgan fingerprint density at radius 2 is 2.14 bits per heavy atom. The number of ether oxygens (including phenoxy) is 1. The third kappa shape index (κ3) is 3.75. The van der Waals surface area contributed by atoms with Gasteiger partial charge in [0.25, 0.3) is 5.56 Å². The number of H-pyrrole nitrogens is 1. The van der Waals surface area contributed by atoms with Gasteiger partial charge >= 0.3 is 5.69 Å². The van der Waals surface area contributed by atoms with Crippen LogP contribution in [0.3, 0.4) is 0 Å². The molecule has 1 amide bonds.